The lowest BCUT2D eigenvalue weighted by Crippen LogP contribution is -2.13. The highest BCUT2D eigenvalue weighted by Gasteiger charge is 2.25. The Kier molecular flexibility index (Phi) is 9.95. The van der Waals surface area contributed by atoms with Gasteiger partial charge in [0.15, 0.2) is 0 Å². The quantitative estimate of drug-likeness (QED) is 0.183. The first-order valence-electron chi connectivity index (χ1n) is 20.7. The van der Waals surface area contributed by atoms with Gasteiger partial charge >= 0.3 is 0 Å². The molecule has 0 atom stereocenters. The second kappa shape index (κ2) is 14.8. The lowest BCUT2D eigenvalue weighted by Gasteiger charge is -2.24. The monoisotopic (exact) mass is 773 g/mol. The Morgan fingerprint density at radius 2 is 1.10 bits per heavy atom. The minimum atomic E-state index is -0.127. The largest absolute Gasteiger partial charge is 0.507 e. The number of pyridine rings is 1. The molecule has 296 valence electrons. The van der Waals surface area contributed by atoms with E-state index in [1.54, 1.807) is 6.07 Å². The summed E-state index contributed by atoms with van der Waals surface area (Å²) in [5.74, 6) is 0.869. The van der Waals surface area contributed by atoms with E-state index in [-0.39, 0.29) is 22.0 Å². The van der Waals surface area contributed by atoms with Gasteiger partial charge in [-0.3, -0.25) is 9.55 Å². The van der Waals surface area contributed by atoms with Gasteiger partial charge in [0, 0.05) is 22.9 Å². The number of benzene rings is 6. The topological polar surface area (TPSA) is 50.9 Å². The van der Waals surface area contributed by atoms with Crippen molar-refractivity contribution in [2.24, 2.45) is 0 Å². The first-order chi connectivity index (χ1) is 28.0. The number of phenolic OH excluding ortho intramolecular Hbond substituents is 1. The van der Waals surface area contributed by atoms with E-state index in [0.29, 0.717) is 11.4 Å². The Balaban J connectivity index is 1.39. The molecule has 1 N–H and O–H groups in total. The fourth-order valence-corrected chi connectivity index (χ4v) is 7.87. The zero-order valence-electron chi connectivity index (χ0n) is 36.1. The van der Waals surface area contributed by atoms with Crippen LogP contribution in [0.5, 0.6) is 5.75 Å². The molecule has 0 amide bonds. The molecule has 0 saturated carbocycles. The highest BCUT2D eigenvalue weighted by molar-refractivity contribution is 5.97. The lowest BCUT2D eigenvalue weighted by molar-refractivity contribution is 0.477. The Bertz CT molecular complexity index is 2820. The molecule has 0 aliphatic carbocycles. The van der Waals surface area contributed by atoms with Crippen LogP contribution >= 0.6 is 0 Å². The molecule has 8 rings (SSSR count). The maximum Gasteiger partial charge on any atom is 0.149 e. The smallest absolute Gasteiger partial charge is 0.149 e. The molecule has 0 aliphatic heterocycles. The molecule has 0 radical (unpaired) electrons. The molecule has 0 bridgehead atoms. The zero-order valence-corrected chi connectivity index (χ0v) is 36.1. The van der Waals surface area contributed by atoms with Gasteiger partial charge in [-0.15, -0.1) is 0 Å². The Morgan fingerprint density at radius 3 is 1.78 bits per heavy atom. The molecule has 2 heterocycles. The van der Waals surface area contributed by atoms with Crippen LogP contribution in [0.25, 0.3) is 72.7 Å². The van der Waals surface area contributed by atoms with Crippen molar-refractivity contribution < 1.29 is 5.11 Å². The van der Waals surface area contributed by atoms with Crippen molar-refractivity contribution in [3.05, 3.63) is 168 Å². The second-order valence-electron chi connectivity index (χ2n) is 19.1. The molecule has 2 aromatic heterocycles. The Labute approximate surface area is 350 Å². The summed E-state index contributed by atoms with van der Waals surface area (Å²) in [5.41, 5.74) is 16.8. The van der Waals surface area contributed by atoms with Gasteiger partial charge in [0.2, 0.25) is 0 Å². The lowest BCUT2D eigenvalue weighted by atomic mass is 9.83. The van der Waals surface area contributed by atoms with Crippen LogP contribution in [0, 0.1) is 6.92 Å². The SMILES string of the molecule is Cc1ccc(-c2ccnc(-c3cc(-c4cccc5c4nc(-c4ccccc4O)n5-c4cc(C(C)(C)C)ccc4-c4ccc(C(C)(C)C)cc4)cc(C(C)(C)C)c3)c2)cc1. The highest BCUT2D eigenvalue weighted by Crippen LogP contribution is 2.43. The number of aryl methyl sites for hydroxylation is 1. The van der Waals surface area contributed by atoms with Gasteiger partial charge < -0.3 is 5.11 Å². The van der Waals surface area contributed by atoms with Gasteiger partial charge in [-0.25, -0.2) is 4.98 Å². The molecular weight excluding hydrogens is 719 g/mol. The number of hydrogen-bond acceptors (Lipinski definition) is 3. The van der Waals surface area contributed by atoms with Crippen molar-refractivity contribution >= 4 is 11.0 Å². The summed E-state index contributed by atoms with van der Waals surface area (Å²) >= 11 is 0. The summed E-state index contributed by atoms with van der Waals surface area (Å²) in [6, 6.07) is 49.6. The molecule has 8 aromatic rings. The minimum absolute atomic E-state index is 0.0382. The number of para-hydroxylation sites is 2. The van der Waals surface area contributed by atoms with E-state index in [2.05, 4.69) is 189 Å². The summed E-state index contributed by atoms with van der Waals surface area (Å²) in [7, 11) is 0. The number of aromatic nitrogens is 3. The van der Waals surface area contributed by atoms with E-state index in [4.69, 9.17) is 9.97 Å². The average Bonchev–Trinajstić information content (AvgIpc) is 3.59. The fourth-order valence-electron chi connectivity index (χ4n) is 7.87. The zero-order chi connectivity index (χ0) is 41.9. The van der Waals surface area contributed by atoms with Crippen molar-refractivity contribution in [2.75, 3.05) is 0 Å². The predicted octanol–water partition coefficient (Wildman–Crippen LogP) is 14.7. The molecule has 0 aliphatic rings. The summed E-state index contributed by atoms with van der Waals surface area (Å²) in [6.45, 7) is 22.4. The van der Waals surface area contributed by atoms with E-state index >= 15 is 0 Å². The van der Waals surface area contributed by atoms with Crippen molar-refractivity contribution in [2.45, 2.75) is 85.5 Å². The van der Waals surface area contributed by atoms with Crippen molar-refractivity contribution in [1.29, 1.82) is 0 Å². The maximum atomic E-state index is 11.5. The molecule has 0 unspecified atom stereocenters. The van der Waals surface area contributed by atoms with Crippen LogP contribution in [0.4, 0.5) is 0 Å². The number of nitrogens with zero attached hydrogens (tertiary/aromatic N) is 3. The summed E-state index contributed by atoms with van der Waals surface area (Å²) < 4.78 is 2.26. The minimum Gasteiger partial charge on any atom is -0.507 e. The highest BCUT2D eigenvalue weighted by atomic mass is 16.3. The van der Waals surface area contributed by atoms with E-state index in [0.717, 1.165) is 55.8 Å². The molecule has 4 heteroatoms. The molecule has 6 aromatic carbocycles. The van der Waals surface area contributed by atoms with Crippen LogP contribution in [0.3, 0.4) is 0 Å². The van der Waals surface area contributed by atoms with Crippen molar-refractivity contribution in [3.63, 3.8) is 0 Å². The second-order valence-corrected chi connectivity index (χ2v) is 19.1. The van der Waals surface area contributed by atoms with Gasteiger partial charge in [-0.05, 0) is 111 Å². The van der Waals surface area contributed by atoms with Crippen LogP contribution in [0.1, 0.15) is 84.6 Å². The van der Waals surface area contributed by atoms with Crippen LogP contribution in [0.2, 0.25) is 0 Å². The van der Waals surface area contributed by atoms with Crippen molar-refractivity contribution in [3.8, 4) is 67.5 Å². The van der Waals surface area contributed by atoms with Crippen LogP contribution in [-0.4, -0.2) is 19.6 Å². The van der Waals surface area contributed by atoms with Crippen LogP contribution < -0.4 is 0 Å². The summed E-state index contributed by atoms with van der Waals surface area (Å²) in [6.07, 6.45) is 1.91. The van der Waals surface area contributed by atoms with E-state index in [9.17, 15) is 5.11 Å². The number of rotatable bonds is 6. The molecule has 4 nitrogen and oxygen atoms in total. The van der Waals surface area contributed by atoms with Gasteiger partial charge in [-0.2, -0.15) is 0 Å². The third-order valence-corrected chi connectivity index (χ3v) is 11.5. The average molecular weight is 774 g/mol. The molecule has 59 heavy (non-hydrogen) atoms. The standard InChI is InChI=1S/C55H55N3O/c1-35-18-20-36(21-19-35)38-28-29-56-47(33-38)40-30-39(31-43(32-40)55(8,9)10)45-15-13-16-48-51(45)57-52(46-14-11-12-17-50(46)59)58(48)49-34-42(54(5,6)7)26-27-44(49)37-22-24-41(25-23-37)53(2,3)4/h11-34,59H,1-10H3. The van der Waals surface area contributed by atoms with Crippen LogP contribution in [0.15, 0.2) is 146 Å². The number of phenols is 1. The van der Waals surface area contributed by atoms with Crippen LogP contribution in [-0.2, 0) is 16.2 Å². The van der Waals surface area contributed by atoms with E-state index in [1.807, 2.05) is 24.4 Å². The van der Waals surface area contributed by atoms with Gasteiger partial charge in [0.05, 0.1) is 28.0 Å². The van der Waals surface area contributed by atoms with Gasteiger partial charge in [0.1, 0.15) is 11.6 Å². The maximum absolute atomic E-state index is 11.5. The first-order valence-corrected chi connectivity index (χ1v) is 20.7. The molecule has 0 spiro atoms. The van der Waals surface area contributed by atoms with Gasteiger partial charge in [0.25, 0.3) is 0 Å². The molecule has 0 fully saturated rings. The van der Waals surface area contributed by atoms with E-state index in [1.165, 1.54) is 27.8 Å². The molecule has 0 saturated heterocycles. The number of hydrogen-bond donors (Lipinski definition) is 1. The van der Waals surface area contributed by atoms with Crippen molar-refractivity contribution in [1.82, 2.24) is 14.5 Å². The van der Waals surface area contributed by atoms with Gasteiger partial charge in [-0.1, -0.05) is 159 Å². The Hall–Kier alpha value is -6.26. The number of aromatic hydroxyl groups is 1. The third kappa shape index (κ3) is 7.84. The third-order valence-electron chi connectivity index (χ3n) is 11.5. The molecular formula is C55H55N3O. The fraction of sp³-hybridized carbons (Fsp3) is 0.236. The number of fused-ring (bicyclic) bond motifs is 1. The Morgan fingerprint density at radius 1 is 0.475 bits per heavy atom. The van der Waals surface area contributed by atoms with E-state index < -0.39 is 0 Å². The summed E-state index contributed by atoms with van der Waals surface area (Å²) in [4.78, 5) is 10.4. The number of imidazole rings is 1. The first kappa shape index (κ1) is 39.6. The summed E-state index contributed by atoms with van der Waals surface area (Å²) in [5, 5.41) is 11.5. The normalized spacial score (nSPS) is 12.3. The predicted molar refractivity (Wildman–Crippen MR) is 249 cm³/mol.